The van der Waals surface area contributed by atoms with Crippen LogP contribution in [0.15, 0.2) is 16.9 Å². The van der Waals surface area contributed by atoms with Gasteiger partial charge in [0.1, 0.15) is 23.1 Å². The summed E-state index contributed by atoms with van der Waals surface area (Å²) in [7, 11) is 0. The Balaban J connectivity index is 1.52. The lowest BCUT2D eigenvalue weighted by Crippen LogP contribution is -2.45. The SMILES string of the molecule is Cc1cc(NCC2(F)CCN(Cc3ncoc3C)CC2)nc(C)n1. The second-order valence-electron chi connectivity index (χ2n) is 6.58. The summed E-state index contributed by atoms with van der Waals surface area (Å²) in [5.41, 5.74) is 0.615. The number of halogens is 1. The van der Waals surface area contributed by atoms with Crippen molar-refractivity contribution in [1.29, 1.82) is 0 Å². The van der Waals surface area contributed by atoms with Crippen LogP contribution in [-0.2, 0) is 6.54 Å². The highest BCUT2D eigenvalue weighted by atomic mass is 19.1. The molecule has 1 fully saturated rings. The highest BCUT2D eigenvalue weighted by molar-refractivity contribution is 5.36. The molecule has 1 saturated heterocycles. The molecule has 130 valence electrons. The van der Waals surface area contributed by atoms with Crippen molar-refractivity contribution in [3.63, 3.8) is 0 Å². The third-order valence-electron chi connectivity index (χ3n) is 4.52. The number of rotatable bonds is 5. The largest absolute Gasteiger partial charge is 0.448 e. The van der Waals surface area contributed by atoms with Crippen molar-refractivity contribution in [2.75, 3.05) is 25.0 Å². The number of anilines is 1. The van der Waals surface area contributed by atoms with Gasteiger partial charge in [0.15, 0.2) is 6.39 Å². The molecule has 0 saturated carbocycles. The van der Waals surface area contributed by atoms with Gasteiger partial charge in [-0.25, -0.2) is 19.3 Å². The molecule has 6 nitrogen and oxygen atoms in total. The number of oxazole rings is 1. The maximum atomic E-state index is 15.0. The van der Waals surface area contributed by atoms with E-state index in [0.29, 0.717) is 37.6 Å². The van der Waals surface area contributed by atoms with Gasteiger partial charge in [0.2, 0.25) is 0 Å². The zero-order valence-electron chi connectivity index (χ0n) is 14.5. The molecule has 7 heteroatoms. The van der Waals surface area contributed by atoms with Gasteiger partial charge < -0.3 is 9.73 Å². The molecule has 0 aliphatic carbocycles. The van der Waals surface area contributed by atoms with E-state index in [4.69, 9.17) is 4.42 Å². The van der Waals surface area contributed by atoms with Crippen LogP contribution in [0, 0.1) is 20.8 Å². The van der Waals surface area contributed by atoms with Gasteiger partial charge in [-0.05, 0) is 33.6 Å². The standard InChI is InChI=1S/C17H24FN5O/c1-12-8-16(22-14(3)21-12)19-10-17(18)4-6-23(7-5-17)9-15-13(2)24-11-20-15/h8,11H,4-7,9-10H2,1-3H3,(H,19,21,22). The van der Waals surface area contributed by atoms with Crippen molar-refractivity contribution < 1.29 is 8.81 Å². The maximum Gasteiger partial charge on any atom is 0.181 e. The second kappa shape index (κ2) is 6.84. The Kier molecular flexibility index (Phi) is 4.80. The highest BCUT2D eigenvalue weighted by Gasteiger charge is 2.34. The van der Waals surface area contributed by atoms with E-state index in [-0.39, 0.29) is 6.54 Å². The highest BCUT2D eigenvalue weighted by Crippen LogP contribution is 2.28. The Morgan fingerprint density at radius 1 is 1.25 bits per heavy atom. The van der Waals surface area contributed by atoms with Gasteiger partial charge in [0.05, 0.1) is 12.2 Å². The van der Waals surface area contributed by atoms with Crippen LogP contribution in [0.3, 0.4) is 0 Å². The summed E-state index contributed by atoms with van der Waals surface area (Å²) in [6.07, 6.45) is 2.46. The Labute approximate surface area is 141 Å². The quantitative estimate of drug-likeness (QED) is 0.907. The molecule has 0 atom stereocenters. The Bertz CT molecular complexity index is 674. The van der Waals surface area contributed by atoms with Crippen molar-refractivity contribution in [3.05, 3.63) is 35.4 Å². The third-order valence-corrected chi connectivity index (χ3v) is 4.52. The number of aromatic nitrogens is 3. The van der Waals surface area contributed by atoms with E-state index in [9.17, 15) is 0 Å². The summed E-state index contributed by atoms with van der Waals surface area (Å²) >= 11 is 0. The summed E-state index contributed by atoms with van der Waals surface area (Å²) in [6.45, 7) is 8.08. The molecule has 0 amide bonds. The molecule has 1 N–H and O–H groups in total. The lowest BCUT2D eigenvalue weighted by atomic mass is 9.93. The predicted molar refractivity (Wildman–Crippen MR) is 89.6 cm³/mol. The molecule has 2 aromatic rings. The van der Waals surface area contributed by atoms with Crippen LogP contribution in [0.1, 0.15) is 35.8 Å². The summed E-state index contributed by atoms with van der Waals surface area (Å²) in [5.74, 6) is 2.23. The van der Waals surface area contributed by atoms with Gasteiger partial charge >= 0.3 is 0 Å². The molecule has 1 aliphatic heterocycles. The first kappa shape index (κ1) is 16.8. The first-order valence-corrected chi connectivity index (χ1v) is 8.30. The normalized spacial score (nSPS) is 17.8. The van der Waals surface area contributed by atoms with Crippen LogP contribution in [0.2, 0.25) is 0 Å². The number of aryl methyl sites for hydroxylation is 3. The monoisotopic (exact) mass is 333 g/mol. The van der Waals surface area contributed by atoms with Crippen molar-refractivity contribution in [3.8, 4) is 0 Å². The van der Waals surface area contributed by atoms with Crippen molar-refractivity contribution >= 4 is 5.82 Å². The molecule has 1 aliphatic rings. The number of alkyl halides is 1. The van der Waals surface area contributed by atoms with Gasteiger partial charge in [-0.3, -0.25) is 4.90 Å². The number of nitrogens with zero attached hydrogens (tertiary/aromatic N) is 4. The fraction of sp³-hybridized carbons (Fsp3) is 0.588. The van der Waals surface area contributed by atoms with Crippen LogP contribution in [-0.4, -0.2) is 45.2 Å². The molecular formula is C17H24FN5O. The molecule has 0 bridgehead atoms. The average Bonchev–Trinajstić information content (AvgIpc) is 2.92. The summed E-state index contributed by atoms with van der Waals surface area (Å²) in [4.78, 5) is 15.0. The van der Waals surface area contributed by atoms with Crippen molar-refractivity contribution in [2.24, 2.45) is 0 Å². The van der Waals surface area contributed by atoms with E-state index < -0.39 is 5.67 Å². The van der Waals surface area contributed by atoms with E-state index in [1.165, 1.54) is 6.39 Å². The summed E-state index contributed by atoms with van der Waals surface area (Å²) in [5, 5.41) is 3.13. The van der Waals surface area contributed by atoms with Crippen LogP contribution >= 0.6 is 0 Å². The lowest BCUT2D eigenvalue weighted by molar-refractivity contribution is 0.0647. The lowest BCUT2D eigenvalue weighted by Gasteiger charge is -2.36. The molecule has 3 rings (SSSR count). The third kappa shape index (κ3) is 4.08. The number of hydrogen-bond donors (Lipinski definition) is 1. The second-order valence-corrected chi connectivity index (χ2v) is 6.58. The van der Waals surface area contributed by atoms with Crippen LogP contribution in [0.5, 0.6) is 0 Å². The fourth-order valence-corrected chi connectivity index (χ4v) is 3.04. The summed E-state index contributed by atoms with van der Waals surface area (Å²) in [6, 6.07) is 1.85. The van der Waals surface area contributed by atoms with E-state index >= 15 is 4.39 Å². The van der Waals surface area contributed by atoms with Gasteiger partial charge in [0.25, 0.3) is 0 Å². The van der Waals surface area contributed by atoms with Crippen LogP contribution in [0.25, 0.3) is 0 Å². The Hall–Kier alpha value is -2.02. The molecule has 0 spiro atoms. The van der Waals surface area contributed by atoms with Gasteiger partial charge in [-0.15, -0.1) is 0 Å². The first-order chi connectivity index (χ1) is 11.4. The minimum absolute atomic E-state index is 0.278. The van der Waals surface area contributed by atoms with Crippen LogP contribution in [0.4, 0.5) is 10.2 Å². The van der Waals surface area contributed by atoms with Gasteiger partial charge in [-0.1, -0.05) is 0 Å². The van der Waals surface area contributed by atoms with Crippen molar-refractivity contribution in [2.45, 2.75) is 45.8 Å². The van der Waals surface area contributed by atoms with E-state index in [1.807, 2.05) is 26.8 Å². The van der Waals surface area contributed by atoms with E-state index in [0.717, 1.165) is 23.7 Å². The summed E-state index contributed by atoms with van der Waals surface area (Å²) < 4.78 is 20.2. The van der Waals surface area contributed by atoms with Crippen molar-refractivity contribution in [1.82, 2.24) is 19.9 Å². The predicted octanol–water partition coefficient (Wildman–Crippen LogP) is 2.81. The number of piperidine rings is 1. The Morgan fingerprint density at radius 2 is 2.00 bits per heavy atom. The Morgan fingerprint density at radius 3 is 2.62 bits per heavy atom. The van der Waals surface area contributed by atoms with Gasteiger partial charge in [0, 0.05) is 31.4 Å². The van der Waals surface area contributed by atoms with Gasteiger partial charge in [-0.2, -0.15) is 0 Å². The first-order valence-electron chi connectivity index (χ1n) is 8.30. The molecule has 0 aromatic carbocycles. The zero-order chi connectivity index (χ0) is 17.2. The minimum Gasteiger partial charge on any atom is -0.448 e. The number of nitrogens with one attached hydrogen (secondary N) is 1. The molecule has 3 heterocycles. The topological polar surface area (TPSA) is 67.1 Å². The minimum atomic E-state index is -1.21. The average molecular weight is 333 g/mol. The fourth-order valence-electron chi connectivity index (χ4n) is 3.04. The molecule has 0 radical (unpaired) electrons. The number of hydrogen-bond acceptors (Lipinski definition) is 6. The molecule has 24 heavy (non-hydrogen) atoms. The molecule has 0 unspecified atom stereocenters. The molecule has 2 aromatic heterocycles. The maximum absolute atomic E-state index is 15.0. The van der Waals surface area contributed by atoms with Crippen LogP contribution < -0.4 is 5.32 Å². The number of likely N-dealkylation sites (tertiary alicyclic amines) is 1. The smallest absolute Gasteiger partial charge is 0.181 e. The van der Waals surface area contributed by atoms with E-state index in [1.54, 1.807) is 0 Å². The van der Waals surface area contributed by atoms with E-state index in [2.05, 4.69) is 25.2 Å². The molecular weight excluding hydrogens is 309 g/mol. The zero-order valence-corrected chi connectivity index (χ0v) is 14.5.